The molecule has 3 atom stereocenters. The van der Waals surface area contributed by atoms with Crippen molar-refractivity contribution in [2.45, 2.75) is 58.0 Å². The van der Waals surface area contributed by atoms with Crippen LogP contribution in [0.15, 0.2) is 0 Å². The van der Waals surface area contributed by atoms with Crippen LogP contribution in [0.3, 0.4) is 0 Å². The number of carbonyl (C=O) groups is 1. The molecule has 1 fully saturated rings. The Morgan fingerprint density at radius 2 is 2.06 bits per heavy atom. The Bertz CT molecular complexity index is 257. The fraction of sp³-hybridized carbons (Fsp3) is 0.929. The number of ether oxygens (including phenoxy) is 1. The Kier molecular flexibility index (Phi) is 6.65. The molecule has 4 heteroatoms. The van der Waals surface area contributed by atoms with Gasteiger partial charge in [-0.05, 0) is 26.3 Å². The Morgan fingerprint density at radius 1 is 1.39 bits per heavy atom. The van der Waals surface area contributed by atoms with E-state index in [-0.39, 0.29) is 18.0 Å². The lowest BCUT2D eigenvalue weighted by molar-refractivity contribution is -0.145. The van der Waals surface area contributed by atoms with Gasteiger partial charge in [-0.2, -0.15) is 0 Å². The van der Waals surface area contributed by atoms with E-state index in [1.807, 2.05) is 0 Å². The molecule has 106 valence electrons. The maximum Gasteiger partial charge on any atom is 0.308 e. The predicted molar refractivity (Wildman–Crippen MR) is 71.7 cm³/mol. The summed E-state index contributed by atoms with van der Waals surface area (Å²) >= 11 is 0. The van der Waals surface area contributed by atoms with Crippen LogP contribution in [-0.4, -0.2) is 48.3 Å². The van der Waals surface area contributed by atoms with E-state index in [4.69, 9.17) is 4.74 Å². The molecule has 0 aromatic rings. The molecule has 1 rings (SSSR count). The average molecular weight is 257 g/mol. The fourth-order valence-corrected chi connectivity index (χ4v) is 3.18. The smallest absolute Gasteiger partial charge is 0.308 e. The van der Waals surface area contributed by atoms with Crippen LogP contribution in [0.4, 0.5) is 0 Å². The molecule has 1 aliphatic rings. The van der Waals surface area contributed by atoms with Crippen molar-refractivity contribution in [1.82, 2.24) is 4.90 Å². The Morgan fingerprint density at radius 3 is 2.61 bits per heavy atom. The number of methoxy groups -OCH3 is 1. The highest BCUT2D eigenvalue weighted by molar-refractivity contribution is 5.70. The molecule has 0 amide bonds. The number of nitrogens with zero attached hydrogens (tertiary/aromatic N) is 1. The molecule has 0 heterocycles. The molecule has 1 saturated carbocycles. The highest BCUT2D eigenvalue weighted by atomic mass is 16.5. The van der Waals surface area contributed by atoms with Crippen LogP contribution < -0.4 is 0 Å². The van der Waals surface area contributed by atoms with Gasteiger partial charge in [-0.25, -0.2) is 0 Å². The summed E-state index contributed by atoms with van der Waals surface area (Å²) in [6.45, 7) is 5.78. The number of carboxylic acids is 1. The summed E-state index contributed by atoms with van der Waals surface area (Å²) in [5, 5.41) is 9.43. The molecular formula is C14H27NO3. The number of hydrogen-bond donors (Lipinski definition) is 1. The molecule has 1 aliphatic carbocycles. The van der Waals surface area contributed by atoms with Crippen LogP contribution in [0.2, 0.25) is 0 Å². The zero-order chi connectivity index (χ0) is 13.5. The highest BCUT2D eigenvalue weighted by Crippen LogP contribution is 2.29. The van der Waals surface area contributed by atoms with E-state index in [2.05, 4.69) is 18.7 Å². The summed E-state index contributed by atoms with van der Waals surface area (Å²) in [6.07, 6.45) is 5.17. The van der Waals surface area contributed by atoms with Crippen molar-refractivity contribution in [3.63, 3.8) is 0 Å². The topological polar surface area (TPSA) is 49.8 Å². The van der Waals surface area contributed by atoms with Gasteiger partial charge in [0.2, 0.25) is 0 Å². The van der Waals surface area contributed by atoms with Crippen LogP contribution in [0, 0.1) is 5.92 Å². The van der Waals surface area contributed by atoms with E-state index < -0.39 is 5.97 Å². The van der Waals surface area contributed by atoms with Crippen LogP contribution in [0.5, 0.6) is 0 Å². The number of carboxylic acid groups (broad SMARTS) is 1. The quantitative estimate of drug-likeness (QED) is 0.742. The summed E-state index contributed by atoms with van der Waals surface area (Å²) in [4.78, 5) is 13.8. The van der Waals surface area contributed by atoms with E-state index in [0.29, 0.717) is 6.61 Å². The second-order valence-corrected chi connectivity index (χ2v) is 5.28. The number of rotatable bonds is 6. The van der Waals surface area contributed by atoms with Gasteiger partial charge < -0.3 is 9.84 Å². The largest absolute Gasteiger partial charge is 0.481 e. The molecule has 0 bridgehead atoms. The van der Waals surface area contributed by atoms with E-state index in [1.54, 1.807) is 7.11 Å². The SMILES string of the molecule is CCN(C(C)COC)C1CCCCCC1C(=O)O. The van der Waals surface area contributed by atoms with Crippen LogP contribution in [0.1, 0.15) is 46.0 Å². The number of hydrogen-bond acceptors (Lipinski definition) is 3. The normalized spacial score (nSPS) is 26.9. The van der Waals surface area contributed by atoms with E-state index >= 15 is 0 Å². The first kappa shape index (κ1) is 15.4. The molecule has 0 aromatic heterocycles. The number of aliphatic carboxylic acids is 1. The van der Waals surface area contributed by atoms with Gasteiger partial charge in [0, 0.05) is 19.2 Å². The Balaban J connectivity index is 2.80. The minimum Gasteiger partial charge on any atom is -0.481 e. The standard InChI is InChI=1S/C14H27NO3/c1-4-15(11(2)10-18-3)13-9-7-5-6-8-12(13)14(16)17/h11-13H,4-10H2,1-3H3,(H,16,17). The van der Waals surface area contributed by atoms with Gasteiger partial charge in [-0.15, -0.1) is 0 Å². The van der Waals surface area contributed by atoms with Gasteiger partial charge in [0.25, 0.3) is 0 Å². The van der Waals surface area contributed by atoms with Crippen molar-refractivity contribution < 1.29 is 14.6 Å². The van der Waals surface area contributed by atoms with Crippen molar-refractivity contribution >= 4 is 5.97 Å². The fourth-order valence-electron chi connectivity index (χ4n) is 3.18. The molecule has 3 unspecified atom stereocenters. The maximum absolute atomic E-state index is 11.5. The van der Waals surface area contributed by atoms with Gasteiger partial charge in [-0.1, -0.05) is 26.2 Å². The molecule has 0 spiro atoms. The Labute approximate surface area is 110 Å². The molecule has 4 nitrogen and oxygen atoms in total. The third-order valence-electron chi connectivity index (χ3n) is 4.06. The maximum atomic E-state index is 11.5. The highest BCUT2D eigenvalue weighted by Gasteiger charge is 2.34. The lowest BCUT2D eigenvalue weighted by atomic mass is 9.92. The summed E-state index contributed by atoms with van der Waals surface area (Å²) in [6, 6.07) is 0.449. The van der Waals surface area contributed by atoms with Crippen LogP contribution >= 0.6 is 0 Å². The second kappa shape index (κ2) is 7.74. The van der Waals surface area contributed by atoms with Crippen molar-refractivity contribution in [2.24, 2.45) is 5.92 Å². The van der Waals surface area contributed by atoms with Gasteiger partial charge in [-0.3, -0.25) is 9.69 Å². The monoisotopic (exact) mass is 257 g/mol. The van der Waals surface area contributed by atoms with Crippen molar-refractivity contribution in [3.05, 3.63) is 0 Å². The first-order chi connectivity index (χ1) is 8.61. The average Bonchev–Trinajstić information content (AvgIpc) is 2.56. The van der Waals surface area contributed by atoms with E-state index in [9.17, 15) is 9.90 Å². The zero-order valence-electron chi connectivity index (χ0n) is 11.9. The molecule has 0 radical (unpaired) electrons. The first-order valence-electron chi connectivity index (χ1n) is 7.09. The van der Waals surface area contributed by atoms with Gasteiger partial charge in [0.15, 0.2) is 0 Å². The minimum absolute atomic E-state index is 0.167. The summed E-state index contributed by atoms with van der Waals surface area (Å²) in [7, 11) is 1.70. The predicted octanol–water partition coefficient (Wildman–Crippen LogP) is 2.38. The first-order valence-corrected chi connectivity index (χ1v) is 7.09. The van der Waals surface area contributed by atoms with E-state index in [0.717, 1.165) is 38.6 Å². The van der Waals surface area contributed by atoms with Gasteiger partial charge in [0.1, 0.15) is 0 Å². The molecule has 0 aromatic carbocycles. The van der Waals surface area contributed by atoms with Crippen LogP contribution in [-0.2, 0) is 9.53 Å². The molecule has 0 aliphatic heterocycles. The lowest BCUT2D eigenvalue weighted by Gasteiger charge is -2.37. The van der Waals surface area contributed by atoms with Crippen molar-refractivity contribution in [1.29, 1.82) is 0 Å². The van der Waals surface area contributed by atoms with Crippen LogP contribution in [0.25, 0.3) is 0 Å². The van der Waals surface area contributed by atoms with Gasteiger partial charge >= 0.3 is 5.97 Å². The summed E-state index contributed by atoms with van der Waals surface area (Å²) < 4.78 is 5.22. The summed E-state index contributed by atoms with van der Waals surface area (Å²) in [5.41, 5.74) is 0. The van der Waals surface area contributed by atoms with E-state index in [1.165, 1.54) is 0 Å². The minimum atomic E-state index is -0.634. The molecule has 18 heavy (non-hydrogen) atoms. The number of likely N-dealkylation sites (N-methyl/N-ethyl adjacent to an activating group) is 1. The van der Waals surface area contributed by atoms with Crippen molar-refractivity contribution in [2.75, 3.05) is 20.3 Å². The second-order valence-electron chi connectivity index (χ2n) is 5.28. The molecule has 1 N–H and O–H groups in total. The van der Waals surface area contributed by atoms with Gasteiger partial charge in [0.05, 0.1) is 12.5 Å². The van der Waals surface area contributed by atoms with Crippen molar-refractivity contribution in [3.8, 4) is 0 Å². The lowest BCUT2D eigenvalue weighted by Crippen LogP contribution is -2.49. The summed E-state index contributed by atoms with van der Waals surface area (Å²) in [5.74, 6) is -0.850. The Hall–Kier alpha value is -0.610. The third kappa shape index (κ3) is 3.95. The third-order valence-corrected chi connectivity index (χ3v) is 4.06. The zero-order valence-corrected chi connectivity index (χ0v) is 11.9. The molecule has 0 saturated heterocycles. The molecular weight excluding hydrogens is 230 g/mol.